The van der Waals surface area contributed by atoms with E-state index in [4.69, 9.17) is 11.6 Å². The van der Waals surface area contributed by atoms with E-state index in [0.29, 0.717) is 0 Å². The van der Waals surface area contributed by atoms with Crippen LogP contribution >= 0.6 is 23.4 Å². The number of carbonyl (C=O) groups excluding carboxylic acids is 2. The molecule has 0 aromatic rings. The van der Waals surface area contributed by atoms with Gasteiger partial charge in [0.15, 0.2) is 0 Å². The number of rotatable bonds is 2. The molecule has 0 radical (unpaired) electrons. The Morgan fingerprint density at radius 3 is 2.92 bits per heavy atom. The van der Waals surface area contributed by atoms with Crippen LogP contribution in [0.4, 0.5) is 0 Å². The van der Waals surface area contributed by atoms with Crippen LogP contribution in [0, 0.1) is 0 Å². The number of halogens is 1. The zero-order valence-electron chi connectivity index (χ0n) is 6.67. The summed E-state index contributed by atoms with van der Waals surface area (Å²) >= 11 is 6.79. The molecule has 0 saturated carbocycles. The summed E-state index contributed by atoms with van der Waals surface area (Å²) in [5.74, 6) is 0.526. The van der Waals surface area contributed by atoms with Crippen molar-refractivity contribution in [1.29, 1.82) is 0 Å². The SMILES string of the molecule is C[C@H](Cl)C(=O)N[C@H]1CCSC1=O. The lowest BCUT2D eigenvalue weighted by atomic mass is 10.2. The molecule has 12 heavy (non-hydrogen) atoms. The van der Waals surface area contributed by atoms with E-state index in [1.807, 2.05) is 0 Å². The maximum atomic E-state index is 11.0. The monoisotopic (exact) mass is 207 g/mol. The minimum atomic E-state index is -0.566. The Hall–Kier alpha value is -0.220. The van der Waals surface area contributed by atoms with Gasteiger partial charge in [-0.2, -0.15) is 0 Å². The summed E-state index contributed by atoms with van der Waals surface area (Å²) in [7, 11) is 0. The van der Waals surface area contributed by atoms with Crippen molar-refractivity contribution in [2.75, 3.05) is 5.75 Å². The molecule has 0 aromatic heterocycles. The van der Waals surface area contributed by atoms with E-state index in [1.54, 1.807) is 6.92 Å². The van der Waals surface area contributed by atoms with Crippen molar-refractivity contribution in [3.05, 3.63) is 0 Å². The second-order valence-electron chi connectivity index (χ2n) is 2.63. The second kappa shape index (κ2) is 4.14. The van der Waals surface area contributed by atoms with Crippen LogP contribution in [0.2, 0.25) is 0 Å². The largest absolute Gasteiger partial charge is 0.344 e. The molecule has 1 rings (SSSR count). The van der Waals surface area contributed by atoms with Crippen LogP contribution in [0.1, 0.15) is 13.3 Å². The van der Waals surface area contributed by atoms with Crippen LogP contribution in [0.25, 0.3) is 0 Å². The number of amides is 1. The van der Waals surface area contributed by atoms with E-state index in [0.717, 1.165) is 12.2 Å². The molecule has 1 N–H and O–H groups in total. The first-order chi connectivity index (χ1) is 5.61. The lowest BCUT2D eigenvalue weighted by Gasteiger charge is -2.10. The molecule has 1 aliphatic heterocycles. The van der Waals surface area contributed by atoms with Gasteiger partial charge >= 0.3 is 0 Å². The van der Waals surface area contributed by atoms with Gasteiger partial charge in [-0.3, -0.25) is 9.59 Å². The lowest BCUT2D eigenvalue weighted by Crippen LogP contribution is -2.40. The number of hydrogen-bond acceptors (Lipinski definition) is 3. The average Bonchev–Trinajstić information content (AvgIpc) is 2.36. The van der Waals surface area contributed by atoms with Crippen molar-refractivity contribution in [2.24, 2.45) is 0 Å². The Morgan fingerprint density at radius 1 is 1.83 bits per heavy atom. The Kier molecular flexibility index (Phi) is 3.40. The Morgan fingerprint density at radius 2 is 2.50 bits per heavy atom. The van der Waals surface area contributed by atoms with Crippen LogP contribution in [0.3, 0.4) is 0 Å². The summed E-state index contributed by atoms with van der Waals surface area (Å²) in [6, 6.07) is -0.316. The molecule has 0 aromatic carbocycles. The van der Waals surface area contributed by atoms with Gasteiger partial charge in [-0.1, -0.05) is 11.8 Å². The Labute approximate surface area is 80.2 Å². The predicted octanol–water partition coefficient (Wildman–Crippen LogP) is 0.762. The third kappa shape index (κ3) is 2.38. The highest BCUT2D eigenvalue weighted by Crippen LogP contribution is 2.19. The van der Waals surface area contributed by atoms with Gasteiger partial charge in [0, 0.05) is 5.75 Å². The van der Waals surface area contributed by atoms with Crippen molar-refractivity contribution in [3.63, 3.8) is 0 Å². The summed E-state index contributed by atoms with van der Waals surface area (Å²) in [5, 5.41) is 2.06. The van der Waals surface area contributed by atoms with E-state index < -0.39 is 5.38 Å². The smallest absolute Gasteiger partial charge is 0.238 e. The van der Waals surface area contributed by atoms with E-state index in [-0.39, 0.29) is 17.1 Å². The van der Waals surface area contributed by atoms with Gasteiger partial charge in [0.2, 0.25) is 11.0 Å². The van der Waals surface area contributed by atoms with Crippen molar-refractivity contribution >= 4 is 34.4 Å². The summed E-state index contributed by atoms with van der Waals surface area (Å²) in [5.41, 5.74) is 0. The van der Waals surface area contributed by atoms with Gasteiger partial charge in [-0.25, -0.2) is 0 Å². The number of hydrogen-bond donors (Lipinski definition) is 1. The maximum Gasteiger partial charge on any atom is 0.238 e. The van der Waals surface area contributed by atoms with E-state index >= 15 is 0 Å². The molecule has 68 valence electrons. The summed E-state index contributed by atoms with van der Waals surface area (Å²) in [6.07, 6.45) is 0.721. The molecule has 1 amide bonds. The van der Waals surface area contributed by atoms with Gasteiger partial charge < -0.3 is 5.32 Å². The first-order valence-corrected chi connectivity index (χ1v) is 5.14. The Balaban J connectivity index is 2.40. The highest BCUT2D eigenvalue weighted by atomic mass is 35.5. The number of thioether (sulfide) groups is 1. The molecule has 1 aliphatic rings. The normalized spacial score (nSPS) is 25.5. The molecule has 1 saturated heterocycles. The van der Waals surface area contributed by atoms with Gasteiger partial charge in [-0.05, 0) is 13.3 Å². The van der Waals surface area contributed by atoms with E-state index in [1.165, 1.54) is 11.8 Å². The van der Waals surface area contributed by atoms with Crippen LogP contribution < -0.4 is 5.32 Å². The molecule has 0 spiro atoms. The Bertz CT molecular complexity index is 208. The minimum absolute atomic E-state index is 0.0423. The lowest BCUT2D eigenvalue weighted by molar-refractivity contribution is -0.124. The maximum absolute atomic E-state index is 11.0. The first kappa shape index (κ1) is 9.86. The van der Waals surface area contributed by atoms with Crippen LogP contribution in [-0.2, 0) is 9.59 Å². The van der Waals surface area contributed by atoms with Gasteiger partial charge in [0.1, 0.15) is 5.38 Å². The van der Waals surface area contributed by atoms with E-state index in [2.05, 4.69) is 5.32 Å². The molecular formula is C7H10ClNO2S. The third-order valence-electron chi connectivity index (χ3n) is 1.61. The molecule has 2 atom stereocenters. The van der Waals surface area contributed by atoms with Crippen molar-refractivity contribution in [3.8, 4) is 0 Å². The van der Waals surface area contributed by atoms with Crippen LogP contribution in [0.15, 0.2) is 0 Å². The second-order valence-corrected chi connectivity index (χ2v) is 4.39. The van der Waals surface area contributed by atoms with E-state index in [9.17, 15) is 9.59 Å². The van der Waals surface area contributed by atoms with Gasteiger partial charge in [0.05, 0.1) is 6.04 Å². The van der Waals surface area contributed by atoms with Crippen LogP contribution in [0.5, 0.6) is 0 Å². The summed E-state index contributed by atoms with van der Waals surface area (Å²) < 4.78 is 0. The molecule has 3 nitrogen and oxygen atoms in total. The standard InChI is InChI=1S/C7H10ClNO2S/c1-4(8)6(10)9-5-2-3-12-7(5)11/h4-5H,2-3H2,1H3,(H,9,10)/t4-,5-/m0/s1. The molecule has 5 heteroatoms. The van der Waals surface area contributed by atoms with Gasteiger partial charge in [-0.15, -0.1) is 11.6 Å². The van der Waals surface area contributed by atoms with Crippen LogP contribution in [-0.4, -0.2) is 28.2 Å². The fourth-order valence-electron chi connectivity index (χ4n) is 0.913. The highest BCUT2D eigenvalue weighted by molar-refractivity contribution is 8.14. The molecule has 1 fully saturated rings. The molecule has 0 bridgehead atoms. The number of alkyl halides is 1. The zero-order chi connectivity index (χ0) is 9.14. The summed E-state index contributed by atoms with van der Waals surface area (Å²) in [6.45, 7) is 1.59. The zero-order valence-corrected chi connectivity index (χ0v) is 8.24. The molecular weight excluding hydrogens is 198 g/mol. The topological polar surface area (TPSA) is 46.2 Å². The molecule has 0 unspecified atom stereocenters. The predicted molar refractivity (Wildman–Crippen MR) is 49.3 cm³/mol. The number of nitrogens with one attached hydrogen (secondary N) is 1. The first-order valence-electron chi connectivity index (χ1n) is 3.72. The molecule has 1 heterocycles. The number of carbonyl (C=O) groups is 2. The fourth-order valence-corrected chi connectivity index (χ4v) is 1.91. The van der Waals surface area contributed by atoms with Crippen molar-refractivity contribution in [2.45, 2.75) is 24.8 Å². The fraction of sp³-hybridized carbons (Fsp3) is 0.714. The average molecular weight is 208 g/mol. The highest BCUT2D eigenvalue weighted by Gasteiger charge is 2.27. The summed E-state index contributed by atoms with van der Waals surface area (Å²) in [4.78, 5) is 22.1. The van der Waals surface area contributed by atoms with Crippen molar-refractivity contribution < 1.29 is 9.59 Å². The molecule has 0 aliphatic carbocycles. The third-order valence-corrected chi connectivity index (χ3v) is 2.82. The van der Waals surface area contributed by atoms with Crippen molar-refractivity contribution in [1.82, 2.24) is 5.32 Å². The quantitative estimate of drug-likeness (QED) is 0.681. The van der Waals surface area contributed by atoms with Gasteiger partial charge in [0.25, 0.3) is 0 Å². The minimum Gasteiger partial charge on any atom is -0.344 e.